The van der Waals surface area contributed by atoms with E-state index in [0.29, 0.717) is 5.75 Å². The molecule has 82 valence electrons. The van der Waals surface area contributed by atoms with Crippen molar-refractivity contribution in [1.29, 1.82) is 0 Å². The molecule has 2 atom stereocenters. The van der Waals surface area contributed by atoms with Gasteiger partial charge in [0.25, 0.3) is 0 Å². The quantitative estimate of drug-likeness (QED) is 0.706. The number of carboxylic acids is 1. The SMILES string of the molecule is O=C(O)C1CCCCCC1SCCO. The summed E-state index contributed by atoms with van der Waals surface area (Å²) in [6.45, 7) is 0.146. The number of hydrogen-bond acceptors (Lipinski definition) is 3. The van der Waals surface area contributed by atoms with E-state index >= 15 is 0 Å². The fourth-order valence-electron chi connectivity index (χ4n) is 1.96. The minimum absolute atomic E-state index is 0.146. The maximum absolute atomic E-state index is 11.0. The number of carboxylic acid groups (broad SMARTS) is 1. The van der Waals surface area contributed by atoms with Gasteiger partial charge in [-0.3, -0.25) is 4.79 Å². The number of hydrogen-bond donors (Lipinski definition) is 2. The topological polar surface area (TPSA) is 57.5 Å². The summed E-state index contributed by atoms with van der Waals surface area (Å²) in [7, 11) is 0. The van der Waals surface area contributed by atoms with Crippen molar-refractivity contribution < 1.29 is 15.0 Å². The maximum Gasteiger partial charge on any atom is 0.307 e. The first-order valence-electron chi connectivity index (χ1n) is 5.21. The molecule has 1 aliphatic carbocycles. The zero-order valence-electron chi connectivity index (χ0n) is 8.32. The first-order valence-corrected chi connectivity index (χ1v) is 6.26. The number of rotatable bonds is 4. The van der Waals surface area contributed by atoms with Crippen LogP contribution in [-0.2, 0) is 4.79 Å². The molecule has 2 unspecified atom stereocenters. The zero-order chi connectivity index (χ0) is 10.4. The number of carbonyl (C=O) groups is 1. The molecule has 0 amide bonds. The molecule has 2 N–H and O–H groups in total. The van der Waals surface area contributed by atoms with E-state index in [9.17, 15) is 4.79 Å². The van der Waals surface area contributed by atoms with Gasteiger partial charge in [0.1, 0.15) is 0 Å². The lowest BCUT2D eigenvalue weighted by molar-refractivity contribution is -0.141. The number of thioether (sulfide) groups is 1. The van der Waals surface area contributed by atoms with Gasteiger partial charge in [-0.05, 0) is 12.8 Å². The molecule has 0 saturated heterocycles. The van der Waals surface area contributed by atoms with Crippen molar-refractivity contribution in [3.8, 4) is 0 Å². The molecule has 1 fully saturated rings. The average molecular weight is 218 g/mol. The minimum Gasteiger partial charge on any atom is -0.481 e. The van der Waals surface area contributed by atoms with Crippen LogP contribution >= 0.6 is 11.8 Å². The second-order valence-electron chi connectivity index (χ2n) is 3.72. The summed E-state index contributed by atoms with van der Waals surface area (Å²) in [6.07, 6.45) is 5.11. The summed E-state index contributed by atoms with van der Waals surface area (Å²) in [5.74, 6) is -0.203. The fourth-order valence-corrected chi connectivity index (χ4v) is 3.19. The van der Waals surface area contributed by atoms with Crippen LogP contribution in [0.5, 0.6) is 0 Å². The van der Waals surface area contributed by atoms with E-state index in [-0.39, 0.29) is 17.8 Å². The predicted molar refractivity (Wildman–Crippen MR) is 57.5 cm³/mol. The molecule has 1 rings (SSSR count). The van der Waals surface area contributed by atoms with E-state index in [0.717, 1.165) is 32.1 Å². The lowest BCUT2D eigenvalue weighted by Crippen LogP contribution is -2.25. The Morgan fingerprint density at radius 2 is 2.00 bits per heavy atom. The molecule has 0 bridgehead atoms. The Labute approximate surface area is 88.9 Å². The Bertz CT molecular complexity index is 184. The van der Waals surface area contributed by atoms with Crippen molar-refractivity contribution in [2.24, 2.45) is 5.92 Å². The molecule has 0 aromatic rings. The number of aliphatic hydroxyl groups excluding tert-OH is 1. The van der Waals surface area contributed by atoms with Crippen molar-refractivity contribution >= 4 is 17.7 Å². The Morgan fingerprint density at radius 1 is 1.29 bits per heavy atom. The van der Waals surface area contributed by atoms with Gasteiger partial charge in [0.05, 0.1) is 12.5 Å². The highest BCUT2D eigenvalue weighted by Gasteiger charge is 2.29. The lowest BCUT2D eigenvalue weighted by atomic mass is 10.0. The van der Waals surface area contributed by atoms with Gasteiger partial charge in [-0.25, -0.2) is 0 Å². The van der Waals surface area contributed by atoms with E-state index in [1.807, 2.05) is 0 Å². The number of aliphatic carboxylic acids is 1. The van der Waals surface area contributed by atoms with Crippen molar-refractivity contribution in [2.45, 2.75) is 37.4 Å². The zero-order valence-corrected chi connectivity index (χ0v) is 9.13. The van der Waals surface area contributed by atoms with Crippen LogP contribution in [0.3, 0.4) is 0 Å². The highest BCUT2D eigenvalue weighted by atomic mass is 32.2. The first kappa shape index (κ1) is 11.9. The van der Waals surface area contributed by atoms with Gasteiger partial charge in [0, 0.05) is 11.0 Å². The van der Waals surface area contributed by atoms with Crippen molar-refractivity contribution in [3.63, 3.8) is 0 Å². The van der Waals surface area contributed by atoms with Gasteiger partial charge < -0.3 is 10.2 Å². The summed E-state index contributed by atoms with van der Waals surface area (Å²) in [4.78, 5) is 11.0. The molecule has 0 spiro atoms. The molecule has 0 radical (unpaired) electrons. The van der Waals surface area contributed by atoms with Gasteiger partial charge in [0.2, 0.25) is 0 Å². The molecule has 0 aliphatic heterocycles. The van der Waals surface area contributed by atoms with Crippen molar-refractivity contribution in [2.75, 3.05) is 12.4 Å². The third-order valence-corrected chi connectivity index (χ3v) is 4.10. The second-order valence-corrected chi connectivity index (χ2v) is 5.06. The van der Waals surface area contributed by atoms with E-state index in [2.05, 4.69) is 0 Å². The van der Waals surface area contributed by atoms with Crippen LogP contribution in [0.2, 0.25) is 0 Å². The number of aliphatic hydroxyl groups is 1. The molecule has 1 aliphatic rings. The van der Waals surface area contributed by atoms with Gasteiger partial charge in [0.15, 0.2) is 0 Å². The lowest BCUT2D eigenvalue weighted by Gasteiger charge is -2.20. The summed E-state index contributed by atoms with van der Waals surface area (Å²) in [5, 5.41) is 18.0. The average Bonchev–Trinajstić information content (AvgIpc) is 2.39. The van der Waals surface area contributed by atoms with Crippen LogP contribution in [0, 0.1) is 5.92 Å². The van der Waals surface area contributed by atoms with E-state index in [4.69, 9.17) is 10.2 Å². The Hall–Kier alpha value is -0.220. The fraction of sp³-hybridized carbons (Fsp3) is 0.900. The van der Waals surface area contributed by atoms with Crippen molar-refractivity contribution in [1.82, 2.24) is 0 Å². The van der Waals surface area contributed by atoms with E-state index < -0.39 is 5.97 Å². The van der Waals surface area contributed by atoms with Gasteiger partial charge in [-0.15, -0.1) is 0 Å². The van der Waals surface area contributed by atoms with Gasteiger partial charge >= 0.3 is 5.97 Å². The molecular weight excluding hydrogens is 200 g/mol. The third-order valence-electron chi connectivity index (χ3n) is 2.69. The maximum atomic E-state index is 11.0. The van der Waals surface area contributed by atoms with E-state index in [1.165, 1.54) is 0 Å². The van der Waals surface area contributed by atoms with Crippen LogP contribution in [0.4, 0.5) is 0 Å². The summed E-state index contributed by atoms with van der Waals surface area (Å²) < 4.78 is 0. The molecular formula is C10H18O3S. The monoisotopic (exact) mass is 218 g/mol. The first-order chi connectivity index (χ1) is 6.75. The molecule has 0 heterocycles. The van der Waals surface area contributed by atoms with Crippen molar-refractivity contribution in [3.05, 3.63) is 0 Å². The Kier molecular flexibility index (Phi) is 5.33. The van der Waals surface area contributed by atoms with Crippen LogP contribution in [0.1, 0.15) is 32.1 Å². The summed E-state index contributed by atoms with van der Waals surface area (Å²) in [6, 6.07) is 0. The normalized spacial score (nSPS) is 28.4. The predicted octanol–water partition coefficient (Wildman–Crippen LogP) is 1.75. The van der Waals surface area contributed by atoms with Gasteiger partial charge in [-0.1, -0.05) is 19.3 Å². The Balaban J connectivity index is 2.50. The molecule has 0 aromatic heterocycles. The minimum atomic E-state index is -0.665. The molecule has 4 heteroatoms. The third kappa shape index (κ3) is 3.50. The van der Waals surface area contributed by atoms with Crippen LogP contribution in [-0.4, -0.2) is 33.8 Å². The second kappa shape index (κ2) is 6.30. The highest BCUT2D eigenvalue weighted by molar-refractivity contribution is 7.99. The van der Waals surface area contributed by atoms with Crippen LogP contribution < -0.4 is 0 Å². The largest absolute Gasteiger partial charge is 0.481 e. The summed E-state index contributed by atoms with van der Waals surface area (Å²) >= 11 is 1.62. The smallest absolute Gasteiger partial charge is 0.307 e. The molecule has 1 saturated carbocycles. The van der Waals surface area contributed by atoms with Crippen LogP contribution in [0.15, 0.2) is 0 Å². The molecule has 0 aromatic carbocycles. The highest BCUT2D eigenvalue weighted by Crippen LogP contribution is 2.32. The van der Waals surface area contributed by atoms with Gasteiger partial charge in [-0.2, -0.15) is 11.8 Å². The van der Waals surface area contributed by atoms with Crippen LogP contribution in [0.25, 0.3) is 0 Å². The Morgan fingerprint density at radius 3 is 2.64 bits per heavy atom. The molecule has 3 nitrogen and oxygen atoms in total. The standard InChI is InChI=1S/C10H18O3S/c11-6-7-14-9-5-3-1-2-4-8(9)10(12)13/h8-9,11H,1-7H2,(H,12,13). The van der Waals surface area contributed by atoms with E-state index in [1.54, 1.807) is 11.8 Å². The molecule has 14 heavy (non-hydrogen) atoms. The summed E-state index contributed by atoms with van der Waals surface area (Å²) in [5.41, 5.74) is 0.